The Labute approximate surface area is 121 Å². The van der Waals surface area contributed by atoms with Gasteiger partial charge in [-0.25, -0.2) is 0 Å². The molecule has 0 saturated carbocycles. The smallest absolute Gasteiger partial charge is 0.270 e. The van der Waals surface area contributed by atoms with Crippen LogP contribution >= 0.6 is 15.9 Å². The first-order valence-corrected chi connectivity index (χ1v) is 7.43. The number of aromatic nitrogens is 1. The number of piperazine rings is 1. The fraction of sp³-hybridized carbons (Fsp3) is 0.615. The first kappa shape index (κ1) is 14.6. The van der Waals surface area contributed by atoms with Gasteiger partial charge >= 0.3 is 0 Å². The molecule has 0 bridgehead atoms. The van der Waals surface area contributed by atoms with E-state index in [-0.39, 0.29) is 12.5 Å². The summed E-state index contributed by atoms with van der Waals surface area (Å²) in [6, 6.07) is 1.88. The Morgan fingerprint density at radius 2 is 2.05 bits per heavy atom. The fourth-order valence-corrected chi connectivity index (χ4v) is 2.86. The van der Waals surface area contributed by atoms with Crippen LogP contribution in [0, 0.1) is 0 Å². The number of amides is 1. The molecule has 106 valence electrons. The molecule has 1 aromatic heterocycles. The van der Waals surface area contributed by atoms with Crippen LogP contribution in [0.1, 0.15) is 17.4 Å². The van der Waals surface area contributed by atoms with E-state index in [9.17, 15) is 4.79 Å². The lowest BCUT2D eigenvalue weighted by molar-refractivity contribution is 0.0605. The van der Waals surface area contributed by atoms with Crippen molar-refractivity contribution in [3.05, 3.63) is 22.4 Å². The third-order valence-electron chi connectivity index (χ3n) is 3.50. The van der Waals surface area contributed by atoms with Gasteiger partial charge in [-0.1, -0.05) is 0 Å². The number of hydrogen-bond donors (Lipinski definition) is 1. The maximum atomic E-state index is 12.5. The van der Waals surface area contributed by atoms with Crippen LogP contribution in [0.3, 0.4) is 0 Å². The van der Waals surface area contributed by atoms with E-state index < -0.39 is 0 Å². The van der Waals surface area contributed by atoms with Gasteiger partial charge in [0.25, 0.3) is 5.91 Å². The zero-order chi connectivity index (χ0) is 13.8. The summed E-state index contributed by atoms with van der Waals surface area (Å²) < 4.78 is 2.91. The van der Waals surface area contributed by atoms with Crippen molar-refractivity contribution < 1.29 is 9.90 Å². The molecule has 0 aliphatic carbocycles. The molecule has 0 spiro atoms. The summed E-state index contributed by atoms with van der Waals surface area (Å²) in [7, 11) is 0. The Bertz CT molecular complexity index is 439. The lowest BCUT2D eigenvalue weighted by Gasteiger charge is -2.34. The highest BCUT2D eigenvalue weighted by atomic mass is 79.9. The van der Waals surface area contributed by atoms with Crippen LogP contribution in [-0.4, -0.2) is 64.7 Å². The molecule has 0 unspecified atom stereocenters. The minimum atomic E-state index is 0.0937. The third-order valence-corrected chi connectivity index (χ3v) is 3.93. The molecular formula is C13H20BrN3O2. The molecular weight excluding hydrogens is 310 g/mol. The minimum Gasteiger partial charge on any atom is -0.395 e. The van der Waals surface area contributed by atoms with Crippen molar-refractivity contribution in [3.8, 4) is 0 Å². The Morgan fingerprint density at radius 1 is 1.37 bits per heavy atom. The third kappa shape index (κ3) is 3.38. The SMILES string of the molecule is CCn1cc(Br)cc1C(=O)N1CCN(CCO)CC1. The number of halogens is 1. The second-order valence-electron chi connectivity index (χ2n) is 4.69. The molecule has 6 heteroatoms. The van der Waals surface area contributed by atoms with Gasteiger partial charge in [0.1, 0.15) is 5.69 Å². The molecule has 19 heavy (non-hydrogen) atoms. The summed E-state index contributed by atoms with van der Waals surface area (Å²) >= 11 is 3.42. The van der Waals surface area contributed by atoms with Crippen molar-refractivity contribution in [3.63, 3.8) is 0 Å². The number of carbonyl (C=O) groups excluding carboxylic acids is 1. The van der Waals surface area contributed by atoms with Crippen molar-refractivity contribution in [2.45, 2.75) is 13.5 Å². The van der Waals surface area contributed by atoms with Gasteiger partial charge in [-0.05, 0) is 28.9 Å². The number of hydrogen-bond acceptors (Lipinski definition) is 3. The van der Waals surface area contributed by atoms with E-state index in [4.69, 9.17) is 5.11 Å². The zero-order valence-corrected chi connectivity index (χ0v) is 12.8. The maximum Gasteiger partial charge on any atom is 0.270 e. The first-order chi connectivity index (χ1) is 9.15. The summed E-state index contributed by atoms with van der Waals surface area (Å²) in [5.74, 6) is 0.0937. The fourth-order valence-electron chi connectivity index (χ4n) is 2.39. The van der Waals surface area contributed by atoms with E-state index >= 15 is 0 Å². The average molecular weight is 330 g/mol. The van der Waals surface area contributed by atoms with Crippen molar-refractivity contribution in [1.82, 2.24) is 14.4 Å². The molecule has 1 aliphatic rings. The second-order valence-corrected chi connectivity index (χ2v) is 5.60. The molecule has 1 aliphatic heterocycles. The monoisotopic (exact) mass is 329 g/mol. The Balaban J connectivity index is 2.01. The molecule has 0 atom stereocenters. The predicted octanol–water partition coefficient (Wildman–Crippen LogP) is 1.02. The summed E-state index contributed by atoms with van der Waals surface area (Å²) in [4.78, 5) is 16.5. The van der Waals surface area contributed by atoms with E-state index in [0.717, 1.165) is 42.9 Å². The Kier molecular flexibility index (Phi) is 5.01. The topological polar surface area (TPSA) is 48.7 Å². The van der Waals surface area contributed by atoms with Crippen LogP contribution in [-0.2, 0) is 6.54 Å². The molecule has 1 N–H and O–H groups in total. The average Bonchev–Trinajstić information content (AvgIpc) is 2.80. The lowest BCUT2D eigenvalue weighted by atomic mass is 10.2. The molecule has 1 aromatic rings. The Hall–Kier alpha value is -0.850. The van der Waals surface area contributed by atoms with Crippen LogP contribution in [0.2, 0.25) is 0 Å². The molecule has 2 rings (SSSR count). The summed E-state index contributed by atoms with van der Waals surface area (Å²) in [5, 5.41) is 8.91. The number of aryl methyl sites for hydroxylation is 1. The van der Waals surface area contributed by atoms with Gasteiger partial charge in [0, 0.05) is 49.9 Å². The maximum absolute atomic E-state index is 12.5. The van der Waals surface area contributed by atoms with Crippen molar-refractivity contribution in [2.75, 3.05) is 39.3 Å². The number of aliphatic hydroxyl groups excluding tert-OH is 1. The van der Waals surface area contributed by atoms with Gasteiger partial charge in [-0.3, -0.25) is 9.69 Å². The Morgan fingerprint density at radius 3 is 2.63 bits per heavy atom. The van der Waals surface area contributed by atoms with Crippen molar-refractivity contribution in [2.24, 2.45) is 0 Å². The van der Waals surface area contributed by atoms with Gasteiger partial charge < -0.3 is 14.6 Å². The van der Waals surface area contributed by atoms with E-state index in [1.54, 1.807) is 0 Å². The molecule has 1 amide bonds. The quantitative estimate of drug-likeness (QED) is 0.897. The van der Waals surface area contributed by atoms with Crippen LogP contribution in [0.4, 0.5) is 0 Å². The van der Waals surface area contributed by atoms with E-state index in [2.05, 4.69) is 20.8 Å². The minimum absolute atomic E-state index is 0.0937. The molecule has 5 nitrogen and oxygen atoms in total. The van der Waals surface area contributed by atoms with Crippen LogP contribution in [0.5, 0.6) is 0 Å². The number of β-amino-alcohol motifs (C(OH)–C–C–N with tert-alkyl or cyclic N) is 1. The van der Waals surface area contributed by atoms with E-state index in [1.165, 1.54) is 0 Å². The highest BCUT2D eigenvalue weighted by Crippen LogP contribution is 2.17. The van der Waals surface area contributed by atoms with Gasteiger partial charge in [0.2, 0.25) is 0 Å². The highest BCUT2D eigenvalue weighted by molar-refractivity contribution is 9.10. The van der Waals surface area contributed by atoms with Crippen molar-refractivity contribution in [1.29, 1.82) is 0 Å². The number of rotatable bonds is 4. The van der Waals surface area contributed by atoms with E-state index in [0.29, 0.717) is 6.54 Å². The molecule has 1 saturated heterocycles. The molecule has 0 radical (unpaired) electrons. The second kappa shape index (κ2) is 6.54. The van der Waals surface area contributed by atoms with Gasteiger partial charge in [0.15, 0.2) is 0 Å². The predicted molar refractivity (Wildman–Crippen MR) is 77.2 cm³/mol. The molecule has 1 fully saturated rings. The largest absolute Gasteiger partial charge is 0.395 e. The summed E-state index contributed by atoms with van der Waals surface area (Å²) in [6.07, 6.45) is 1.94. The summed E-state index contributed by atoms with van der Waals surface area (Å²) in [6.45, 7) is 6.81. The molecule has 0 aromatic carbocycles. The zero-order valence-electron chi connectivity index (χ0n) is 11.2. The first-order valence-electron chi connectivity index (χ1n) is 6.64. The standard InChI is InChI=1S/C13H20BrN3O2/c1-2-16-10-11(14)9-12(16)13(19)17-5-3-15(4-6-17)7-8-18/h9-10,18H,2-8H2,1H3. The van der Waals surface area contributed by atoms with Crippen LogP contribution < -0.4 is 0 Å². The highest BCUT2D eigenvalue weighted by Gasteiger charge is 2.23. The van der Waals surface area contributed by atoms with Crippen LogP contribution in [0.15, 0.2) is 16.7 Å². The number of nitrogens with zero attached hydrogens (tertiary/aromatic N) is 3. The number of aliphatic hydroxyl groups is 1. The van der Waals surface area contributed by atoms with Gasteiger partial charge in [0.05, 0.1) is 6.61 Å². The van der Waals surface area contributed by atoms with Gasteiger partial charge in [-0.15, -0.1) is 0 Å². The van der Waals surface area contributed by atoms with E-state index in [1.807, 2.05) is 28.7 Å². The summed E-state index contributed by atoms with van der Waals surface area (Å²) in [5.41, 5.74) is 0.741. The van der Waals surface area contributed by atoms with Crippen molar-refractivity contribution >= 4 is 21.8 Å². The number of carbonyl (C=O) groups is 1. The molecule has 2 heterocycles. The van der Waals surface area contributed by atoms with Crippen LogP contribution in [0.25, 0.3) is 0 Å². The van der Waals surface area contributed by atoms with Gasteiger partial charge in [-0.2, -0.15) is 0 Å². The lowest BCUT2D eigenvalue weighted by Crippen LogP contribution is -2.49. The normalized spacial score (nSPS) is 16.9.